The molecule has 0 aromatic rings. The van der Waals surface area contributed by atoms with Crippen LogP contribution in [0.25, 0.3) is 0 Å². The van der Waals surface area contributed by atoms with E-state index in [1.54, 1.807) is 0 Å². The van der Waals surface area contributed by atoms with E-state index in [2.05, 4.69) is 17.1 Å². The van der Waals surface area contributed by atoms with Crippen molar-refractivity contribution < 1.29 is 4.74 Å². The second-order valence-electron chi connectivity index (χ2n) is 6.27. The van der Waals surface area contributed by atoms with Crippen LogP contribution in [0, 0.1) is 11.8 Å². The van der Waals surface area contributed by atoms with Crippen LogP contribution in [0.4, 0.5) is 0 Å². The molecule has 0 spiro atoms. The number of hydrogen-bond acceptors (Lipinski definition) is 3. The van der Waals surface area contributed by atoms with Gasteiger partial charge in [-0.25, -0.2) is 0 Å². The Morgan fingerprint density at radius 1 is 1.22 bits per heavy atom. The van der Waals surface area contributed by atoms with Crippen LogP contribution in [0.1, 0.15) is 39.0 Å². The van der Waals surface area contributed by atoms with Gasteiger partial charge in [0.15, 0.2) is 0 Å². The number of rotatable bonds is 8. The van der Waals surface area contributed by atoms with Crippen LogP contribution in [0.3, 0.4) is 0 Å². The summed E-state index contributed by atoms with van der Waals surface area (Å²) >= 11 is 0. The molecule has 1 saturated carbocycles. The highest BCUT2D eigenvalue weighted by Gasteiger charge is 2.31. The number of methoxy groups -OCH3 is 1. The highest BCUT2D eigenvalue weighted by atomic mass is 16.5. The van der Waals surface area contributed by atoms with Gasteiger partial charge >= 0.3 is 0 Å². The molecule has 2 rings (SSSR count). The third kappa shape index (κ3) is 4.87. The Hall–Kier alpha value is -0.120. The molecule has 2 fully saturated rings. The van der Waals surface area contributed by atoms with E-state index >= 15 is 0 Å². The van der Waals surface area contributed by atoms with Crippen molar-refractivity contribution in [3.05, 3.63) is 0 Å². The molecule has 2 atom stereocenters. The Kier molecular flexibility index (Phi) is 5.93. The van der Waals surface area contributed by atoms with Crippen LogP contribution in [0.15, 0.2) is 0 Å². The van der Waals surface area contributed by atoms with Gasteiger partial charge in [-0.3, -0.25) is 0 Å². The molecule has 0 aromatic heterocycles. The Bertz CT molecular complexity index is 225. The Morgan fingerprint density at radius 3 is 2.56 bits per heavy atom. The summed E-state index contributed by atoms with van der Waals surface area (Å²) in [6, 6.07) is 0.596. The molecule has 18 heavy (non-hydrogen) atoms. The van der Waals surface area contributed by atoms with Crippen molar-refractivity contribution in [1.82, 2.24) is 10.2 Å². The average molecular weight is 254 g/mol. The van der Waals surface area contributed by atoms with Crippen LogP contribution in [-0.4, -0.2) is 50.8 Å². The number of nitrogens with zero attached hydrogens (tertiary/aromatic N) is 1. The summed E-state index contributed by atoms with van der Waals surface area (Å²) in [5, 5.41) is 3.72. The zero-order valence-corrected chi connectivity index (χ0v) is 12.2. The molecular formula is C15H30N2O. The van der Waals surface area contributed by atoms with Gasteiger partial charge in [0.05, 0.1) is 6.61 Å². The van der Waals surface area contributed by atoms with E-state index in [-0.39, 0.29) is 0 Å². The van der Waals surface area contributed by atoms with Crippen LogP contribution in [0.2, 0.25) is 0 Å². The van der Waals surface area contributed by atoms with E-state index in [1.807, 2.05) is 7.11 Å². The van der Waals surface area contributed by atoms with Crippen LogP contribution < -0.4 is 5.32 Å². The molecule has 0 amide bonds. The highest BCUT2D eigenvalue weighted by molar-refractivity contribution is 4.86. The molecule has 0 aromatic carbocycles. The zero-order chi connectivity index (χ0) is 12.8. The van der Waals surface area contributed by atoms with E-state index < -0.39 is 0 Å². The lowest BCUT2D eigenvalue weighted by Crippen LogP contribution is -2.41. The summed E-state index contributed by atoms with van der Waals surface area (Å²) in [7, 11) is 1.81. The molecular weight excluding hydrogens is 224 g/mol. The summed E-state index contributed by atoms with van der Waals surface area (Å²) in [5.41, 5.74) is 0. The first-order valence-corrected chi connectivity index (χ1v) is 7.74. The Balaban J connectivity index is 1.61. The van der Waals surface area contributed by atoms with Gasteiger partial charge < -0.3 is 15.0 Å². The summed E-state index contributed by atoms with van der Waals surface area (Å²) < 4.78 is 5.31. The number of nitrogens with one attached hydrogen (secondary N) is 1. The van der Waals surface area contributed by atoms with E-state index in [0.717, 1.165) is 25.0 Å². The molecule has 1 heterocycles. The highest BCUT2D eigenvalue weighted by Crippen LogP contribution is 2.32. The molecule has 1 saturated heterocycles. The number of piperidine rings is 1. The minimum atomic E-state index is 0.596. The molecule has 1 aliphatic heterocycles. The van der Waals surface area contributed by atoms with Gasteiger partial charge in [0.2, 0.25) is 0 Å². The molecule has 0 radical (unpaired) electrons. The van der Waals surface area contributed by atoms with Gasteiger partial charge in [0.25, 0.3) is 0 Å². The third-order valence-electron chi connectivity index (χ3n) is 4.28. The van der Waals surface area contributed by atoms with E-state index in [4.69, 9.17) is 4.74 Å². The fourth-order valence-electron chi connectivity index (χ4n) is 3.04. The predicted molar refractivity (Wildman–Crippen MR) is 75.8 cm³/mol. The maximum Gasteiger partial charge on any atom is 0.0618 e. The van der Waals surface area contributed by atoms with Crippen molar-refractivity contribution in [2.24, 2.45) is 11.8 Å². The summed E-state index contributed by atoms with van der Waals surface area (Å²) in [6.07, 6.45) is 7.01. The maximum absolute atomic E-state index is 5.31. The summed E-state index contributed by atoms with van der Waals surface area (Å²) in [6.45, 7) is 8.28. The summed E-state index contributed by atoms with van der Waals surface area (Å²) in [4.78, 5) is 2.64. The van der Waals surface area contributed by atoms with Gasteiger partial charge in [-0.05, 0) is 57.2 Å². The molecule has 2 aliphatic rings. The second-order valence-corrected chi connectivity index (χ2v) is 6.27. The van der Waals surface area contributed by atoms with Crippen LogP contribution >= 0.6 is 0 Å². The van der Waals surface area contributed by atoms with Crippen LogP contribution in [-0.2, 0) is 4.74 Å². The van der Waals surface area contributed by atoms with Crippen molar-refractivity contribution in [2.75, 3.05) is 39.9 Å². The molecule has 3 nitrogen and oxygen atoms in total. The smallest absolute Gasteiger partial charge is 0.0618 e. The first-order valence-electron chi connectivity index (χ1n) is 7.74. The van der Waals surface area contributed by atoms with Crippen molar-refractivity contribution in [2.45, 2.75) is 45.1 Å². The first-order chi connectivity index (χ1) is 8.79. The molecule has 106 valence electrons. The maximum atomic E-state index is 5.31. The lowest BCUT2D eigenvalue weighted by molar-refractivity contribution is 0.150. The lowest BCUT2D eigenvalue weighted by atomic mass is 10.1. The topological polar surface area (TPSA) is 24.5 Å². The Labute approximate surface area is 112 Å². The van der Waals surface area contributed by atoms with Crippen LogP contribution in [0.5, 0.6) is 0 Å². The van der Waals surface area contributed by atoms with Crippen molar-refractivity contribution in [3.63, 3.8) is 0 Å². The predicted octanol–water partition coefficient (Wildman–Crippen LogP) is 2.12. The van der Waals surface area contributed by atoms with Gasteiger partial charge in [-0.2, -0.15) is 0 Å². The quantitative estimate of drug-likeness (QED) is 0.718. The largest absolute Gasteiger partial charge is 0.383 e. The Morgan fingerprint density at radius 2 is 1.94 bits per heavy atom. The number of likely N-dealkylation sites (tertiary alicyclic amines) is 1. The van der Waals surface area contributed by atoms with E-state index in [0.29, 0.717) is 6.04 Å². The minimum Gasteiger partial charge on any atom is -0.383 e. The monoisotopic (exact) mass is 254 g/mol. The second kappa shape index (κ2) is 7.46. The van der Waals surface area contributed by atoms with Gasteiger partial charge in [0.1, 0.15) is 0 Å². The molecule has 2 unspecified atom stereocenters. The standard InChI is InChI=1S/C15H30N2O/c1-13(11-17-8-4-3-5-9-17)10-16-15(12-18-2)14-6-7-14/h13-16H,3-12H2,1-2H3. The molecule has 1 N–H and O–H groups in total. The fraction of sp³-hybridized carbons (Fsp3) is 1.00. The fourth-order valence-corrected chi connectivity index (χ4v) is 3.04. The summed E-state index contributed by atoms with van der Waals surface area (Å²) in [5.74, 6) is 1.63. The SMILES string of the molecule is COCC(NCC(C)CN1CCCCC1)C1CC1. The van der Waals surface area contributed by atoms with E-state index in [9.17, 15) is 0 Å². The molecule has 1 aliphatic carbocycles. The zero-order valence-electron chi connectivity index (χ0n) is 12.2. The minimum absolute atomic E-state index is 0.596. The van der Waals surface area contributed by atoms with Gasteiger partial charge in [0, 0.05) is 19.7 Å². The normalized spacial score (nSPS) is 25.0. The van der Waals surface area contributed by atoms with Gasteiger partial charge in [-0.15, -0.1) is 0 Å². The van der Waals surface area contributed by atoms with Gasteiger partial charge in [-0.1, -0.05) is 13.3 Å². The van der Waals surface area contributed by atoms with Crippen molar-refractivity contribution >= 4 is 0 Å². The third-order valence-corrected chi connectivity index (χ3v) is 4.28. The lowest BCUT2D eigenvalue weighted by Gasteiger charge is -2.30. The number of ether oxygens (including phenoxy) is 1. The molecule has 0 bridgehead atoms. The van der Waals surface area contributed by atoms with Crippen molar-refractivity contribution in [1.29, 1.82) is 0 Å². The van der Waals surface area contributed by atoms with E-state index in [1.165, 1.54) is 51.7 Å². The first kappa shape index (κ1) is 14.3. The molecule has 3 heteroatoms. The average Bonchev–Trinajstić information content (AvgIpc) is 3.20. The number of hydrogen-bond donors (Lipinski definition) is 1. The van der Waals surface area contributed by atoms with Crippen molar-refractivity contribution in [3.8, 4) is 0 Å².